The van der Waals surface area contributed by atoms with Gasteiger partial charge in [-0.3, -0.25) is 24.6 Å². The van der Waals surface area contributed by atoms with Crippen molar-refractivity contribution in [1.82, 2.24) is 4.72 Å². The first-order valence-corrected chi connectivity index (χ1v) is 11.5. The molecule has 10 nitrogen and oxygen atoms in total. The zero-order valence-corrected chi connectivity index (χ0v) is 17.0. The highest BCUT2D eigenvalue weighted by molar-refractivity contribution is 7.92. The number of nitro groups is 1. The third kappa shape index (κ3) is 4.71. The minimum atomic E-state index is -4.18. The number of aryl methyl sites for hydroxylation is 1. The molecule has 0 fully saturated rings. The Morgan fingerprint density at radius 1 is 1.03 bits per heavy atom. The summed E-state index contributed by atoms with van der Waals surface area (Å²) in [5, 5.41) is 11.0. The number of benzene rings is 2. The first kappa shape index (κ1) is 20.7. The first-order valence-electron chi connectivity index (χ1n) is 8.52. The summed E-state index contributed by atoms with van der Waals surface area (Å²) in [5.74, 6) is 0.364. The molecule has 2 N–H and O–H groups in total. The number of nitrogens with zero attached hydrogens (tertiary/aromatic N) is 2. The van der Waals surface area contributed by atoms with Crippen LogP contribution >= 0.6 is 0 Å². The molecule has 0 spiro atoms. The lowest BCUT2D eigenvalue weighted by Crippen LogP contribution is -2.29. The maximum absolute atomic E-state index is 12.7. The first-order chi connectivity index (χ1) is 13.6. The lowest BCUT2D eigenvalue weighted by Gasteiger charge is -2.12. The molecule has 0 atom stereocenters. The van der Waals surface area contributed by atoms with E-state index in [0.717, 1.165) is 12.5 Å². The second-order valence-electron chi connectivity index (χ2n) is 6.38. The summed E-state index contributed by atoms with van der Waals surface area (Å²) >= 11 is 0. The van der Waals surface area contributed by atoms with Gasteiger partial charge in [0.1, 0.15) is 5.84 Å². The van der Waals surface area contributed by atoms with Crippen molar-refractivity contribution in [3.05, 3.63) is 58.1 Å². The quantitative estimate of drug-likeness (QED) is 0.522. The number of non-ortho nitro benzene ring substituents is 1. The van der Waals surface area contributed by atoms with Crippen molar-refractivity contribution in [3.8, 4) is 0 Å². The van der Waals surface area contributed by atoms with Crippen LogP contribution < -0.4 is 9.44 Å². The highest BCUT2D eigenvalue weighted by Gasteiger charge is 2.22. The Hall–Kier alpha value is -2.99. The van der Waals surface area contributed by atoms with E-state index in [9.17, 15) is 26.9 Å². The highest BCUT2D eigenvalue weighted by atomic mass is 32.2. The predicted molar refractivity (Wildman–Crippen MR) is 107 cm³/mol. The van der Waals surface area contributed by atoms with Crippen LogP contribution in [0.1, 0.15) is 18.4 Å². The van der Waals surface area contributed by atoms with Crippen molar-refractivity contribution in [2.24, 2.45) is 4.99 Å². The third-order valence-electron chi connectivity index (χ3n) is 4.20. The lowest BCUT2D eigenvalue weighted by molar-refractivity contribution is -0.385. The number of sulfonamides is 2. The van der Waals surface area contributed by atoms with Gasteiger partial charge in [0, 0.05) is 25.1 Å². The Morgan fingerprint density at radius 2 is 1.79 bits per heavy atom. The number of anilines is 1. The van der Waals surface area contributed by atoms with E-state index in [1.54, 1.807) is 0 Å². The van der Waals surface area contributed by atoms with Crippen LogP contribution in [0.5, 0.6) is 0 Å². The maximum Gasteiger partial charge on any atom is 0.270 e. The monoisotopic (exact) mass is 438 g/mol. The van der Waals surface area contributed by atoms with E-state index in [4.69, 9.17) is 0 Å². The van der Waals surface area contributed by atoms with E-state index >= 15 is 0 Å². The molecule has 1 aliphatic rings. The second-order valence-corrected chi connectivity index (χ2v) is 9.71. The highest BCUT2D eigenvalue weighted by Crippen LogP contribution is 2.25. The number of rotatable bonds is 6. The van der Waals surface area contributed by atoms with Crippen molar-refractivity contribution in [2.75, 3.05) is 11.3 Å². The Morgan fingerprint density at radius 3 is 2.45 bits per heavy atom. The third-order valence-corrected chi connectivity index (χ3v) is 7.10. The fraction of sp³-hybridized carbons (Fsp3) is 0.235. The van der Waals surface area contributed by atoms with Crippen molar-refractivity contribution < 1.29 is 21.8 Å². The van der Waals surface area contributed by atoms with Gasteiger partial charge in [0.05, 0.1) is 20.4 Å². The Labute approximate surface area is 167 Å². The summed E-state index contributed by atoms with van der Waals surface area (Å²) in [6.07, 6.45) is 1.29. The van der Waals surface area contributed by atoms with Crippen molar-refractivity contribution >= 4 is 37.3 Å². The number of amidine groups is 1. The van der Waals surface area contributed by atoms with Gasteiger partial charge in [0.25, 0.3) is 25.7 Å². The Balaban J connectivity index is 1.90. The largest absolute Gasteiger partial charge is 0.280 e. The summed E-state index contributed by atoms with van der Waals surface area (Å²) < 4.78 is 55.1. The molecule has 1 heterocycles. The van der Waals surface area contributed by atoms with Gasteiger partial charge in [-0.05, 0) is 37.1 Å². The van der Waals surface area contributed by atoms with Gasteiger partial charge in [-0.15, -0.1) is 0 Å². The topological polar surface area (TPSA) is 148 Å². The molecule has 154 valence electrons. The van der Waals surface area contributed by atoms with Gasteiger partial charge in [-0.2, -0.15) is 0 Å². The molecule has 0 aliphatic carbocycles. The molecule has 0 bridgehead atoms. The molecule has 1 aliphatic heterocycles. The average molecular weight is 438 g/mol. The van der Waals surface area contributed by atoms with E-state index in [-0.39, 0.29) is 21.2 Å². The molecule has 0 radical (unpaired) electrons. The van der Waals surface area contributed by atoms with Crippen LogP contribution in [0, 0.1) is 17.0 Å². The van der Waals surface area contributed by atoms with Crippen LogP contribution in [-0.2, 0) is 20.0 Å². The standard InChI is InChI=1S/C17H18N4O6S2/c1-12-7-8-14(21(22)23)11-16(12)29(26,27)19-13-4-2-5-15(10-13)28(24,25)20-17-6-3-9-18-17/h2,4-5,7-8,10-11,19H,3,6,9H2,1H3,(H,18,20). The molecule has 12 heteroatoms. The fourth-order valence-electron chi connectivity index (χ4n) is 2.77. The molecule has 0 aromatic heterocycles. The Kier molecular flexibility index (Phi) is 5.57. The molecule has 2 aromatic carbocycles. The van der Waals surface area contributed by atoms with Crippen LogP contribution in [0.15, 0.2) is 57.2 Å². The van der Waals surface area contributed by atoms with Gasteiger partial charge in [-0.1, -0.05) is 12.1 Å². The van der Waals surface area contributed by atoms with E-state index < -0.39 is 25.0 Å². The summed E-state index contributed by atoms with van der Waals surface area (Å²) in [4.78, 5) is 13.9. The van der Waals surface area contributed by atoms with Crippen LogP contribution in [0.4, 0.5) is 11.4 Å². The molecule has 0 unspecified atom stereocenters. The SMILES string of the molecule is Cc1ccc([N+](=O)[O-])cc1S(=O)(=O)Nc1cccc(S(=O)(=O)NC2=NCCC2)c1. The number of aliphatic imine (C=N–C) groups is 1. The summed E-state index contributed by atoms with van der Waals surface area (Å²) in [5.41, 5.74) is -0.0474. The summed E-state index contributed by atoms with van der Waals surface area (Å²) in [6.45, 7) is 2.06. The van der Waals surface area contributed by atoms with E-state index in [1.165, 1.54) is 43.3 Å². The van der Waals surface area contributed by atoms with E-state index in [1.807, 2.05) is 0 Å². The molecule has 3 rings (SSSR count). The second kappa shape index (κ2) is 7.79. The van der Waals surface area contributed by atoms with E-state index in [0.29, 0.717) is 24.4 Å². The molecule has 0 amide bonds. The number of nitro benzene ring substituents is 1. The van der Waals surface area contributed by atoms with Gasteiger partial charge >= 0.3 is 0 Å². The predicted octanol–water partition coefficient (Wildman–Crippen LogP) is 2.17. The number of hydrogen-bond donors (Lipinski definition) is 2. The fourth-order valence-corrected chi connectivity index (χ4v) is 5.22. The summed E-state index contributed by atoms with van der Waals surface area (Å²) in [6, 6.07) is 8.77. The van der Waals surface area contributed by atoms with Crippen LogP contribution in [-0.4, -0.2) is 34.1 Å². The molecule has 2 aromatic rings. The molecule has 0 saturated heterocycles. The zero-order valence-electron chi connectivity index (χ0n) is 15.3. The van der Waals surface area contributed by atoms with Gasteiger partial charge in [-0.25, -0.2) is 16.8 Å². The average Bonchev–Trinajstić information content (AvgIpc) is 3.14. The zero-order chi connectivity index (χ0) is 21.2. The van der Waals surface area contributed by atoms with Crippen LogP contribution in [0.3, 0.4) is 0 Å². The molecule has 29 heavy (non-hydrogen) atoms. The molecular formula is C17H18N4O6S2. The summed E-state index contributed by atoms with van der Waals surface area (Å²) in [7, 11) is -8.10. The van der Waals surface area contributed by atoms with Crippen molar-refractivity contribution in [3.63, 3.8) is 0 Å². The molecular weight excluding hydrogens is 420 g/mol. The minimum Gasteiger partial charge on any atom is -0.280 e. The van der Waals surface area contributed by atoms with Crippen molar-refractivity contribution in [1.29, 1.82) is 0 Å². The van der Waals surface area contributed by atoms with Gasteiger partial charge in [0.2, 0.25) is 0 Å². The van der Waals surface area contributed by atoms with Crippen LogP contribution in [0.2, 0.25) is 0 Å². The van der Waals surface area contributed by atoms with Gasteiger partial charge in [0.15, 0.2) is 0 Å². The molecule has 0 saturated carbocycles. The van der Waals surface area contributed by atoms with Crippen LogP contribution in [0.25, 0.3) is 0 Å². The lowest BCUT2D eigenvalue weighted by atomic mass is 10.2. The van der Waals surface area contributed by atoms with Crippen molar-refractivity contribution in [2.45, 2.75) is 29.6 Å². The minimum absolute atomic E-state index is 0.00661. The normalized spacial score (nSPS) is 14.3. The number of nitrogens with one attached hydrogen (secondary N) is 2. The Bertz CT molecular complexity index is 1210. The van der Waals surface area contributed by atoms with Gasteiger partial charge < -0.3 is 0 Å². The maximum atomic E-state index is 12.7. The van der Waals surface area contributed by atoms with E-state index in [2.05, 4.69) is 14.4 Å². The number of hydrogen-bond acceptors (Lipinski definition) is 7. The smallest absolute Gasteiger partial charge is 0.270 e.